The molecule has 0 saturated carbocycles. The summed E-state index contributed by atoms with van der Waals surface area (Å²) in [5, 5.41) is 10.8. The molecule has 8 nitrogen and oxygen atoms in total. The average molecular weight is 242 g/mol. The molecule has 0 heterocycles. The second kappa shape index (κ2) is 5.12. The molecule has 1 aromatic rings. The zero-order valence-electron chi connectivity index (χ0n) is 9.13. The van der Waals surface area contributed by atoms with Crippen molar-refractivity contribution in [1.29, 1.82) is 0 Å². The van der Waals surface area contributed by atoms with Gasteiger partial charge < -0.3 is 14.3 Å². The maximum atomic E-state index is 11.3. The number of ether oxygens (including phenoxy) is 2. The van der Waals surface area contributed by atoms with Gasteiger partial charge in [0, 0.05) is 6.07 Å². The Bertz CT molecular complexity index is 459. The highest BCUT2D eigenvalue weighted by atomic mass is 16.7. The molecule has 0 aliphatic heterocycles. The van der Waals surface area contributed by atoms with E-state index in [1.165, 1.54) is 14.2 Å². The van der Waals surface area contributed by atoms with E-state index in [9.17, 15) is 14.9 Å². The summed E-state index contributed by atoms with van der Waals surface area (Å²) < 4.78 is 9.79. The van der Waals surface area contributed by atoms with Crippen LogP contribution in [-0.4, -0.2) is 25.1 Å². The Morgan fingerprint density at radius 3 is 2.24 bits per heavy atom. The van der Waals surface area contributed by atoms with Gasteiger partial charge in [0.25, 0.3) is 5.69 Å². The highest BCUT2D eigenvalue weighted by molar-refractivity contribution is 5.94. The number of rotatable bonds is 4. The number of nitro benzene ring substituents is 1. The second-order valence-corrected chi connectivity index (χ2v) is 2.89. The molecule has 0 saturated heterocycles. The Morgan fingerprint density at radius 1 is 1.29 bits per heavy atom. The van der Waals surface area contributed by atoms with E-state index in [0.29, 0.717) is 0 Å². The van der Waals surface area contributed by atoms with E-state index < -0.39 is 16.6 Å². The first-order chi connectivity index (χ1) is 8.04. The standard InChI is InChI=1S/C9H10N2O6/c1-15-7-3-5(9(12)17-10)6(11(13)14)4-8(7)16-2/h3-4H,10H2,1-2H3. The van der Waals surface area contributed by atoms with Gasteiger partial charge in [0.05, 0.1) is 25.2 Å². The van der Waals surface area contributed by atoms with Crippen molar-refractivity contribution in [2.24, 2.45) is 5.90 Å². The van der Waals surface area contributed by atoms with Gasteiger partial charge in [0.15, 0.2) is 11.5 Å². The number of carbonyl (C=O) groups is 1. The number of hydrogen-bond donors (Lipinski definition) is 1. The molecule has 0 spiro atoms. The zero-order valence-corrected chi connectivity index (χ0v) is 9.13. The van der Waals surface area contributed by atoms with Gasteiger partial charge in [-0.2, -0.15) is 5.90 Å². The summed E-state index contributed by atoms with van der Waals surface area (Å²) in [6, 6.07) is 2.19. The molecule has 0 aliphatic rings. The van der Waals surface area contributed by atoms with Crippen LogP contribution in [0.4, 0.5) is 5.69 Å². The van der Waals surface area contributed by atoms with E-state index in [1.807, 2.05) is 0 Å². The van der Waals surface area contributed by atoms with E-state index in [-0.39, 0.29) is 17.1 Å². The van der Waals surface area contributed by atoms with Crippen LogP contribution in [0.2, 0.25) is 0 Å². The van der Waals surface area contributed by atoms with Gasteiger partial charge in [0.1, 0.15) is 5.56 Å². The molecule has 0 aromatic heterocycles. The summed E-state index contributed by atoms with van der Waals surface area (Å²) in [6.45, 7) is 0. The molecule has 1 aromatic carbocycles. The third-order valence-corrected chi connectivity index (χ3v) is 2.03. The van der Waals surface area contributed by atoms with Gasteiger partial charge in [0.2, 0.25) is 0 Å². The summed E-state index contributed by atoms with van der Waals surface area (Å²) >= 11 is 0. The number of nitrogens with two attached hydrogens (primary N) is 1. The number of nitro groups is 1. The Morgan fingerprint density at radius 2 is 1.82 bits per heavy atom. The predicted molar refractivity (Wildman–Crippen MR) is 55.8 cm³/mol. The van der Waals surface area contributed by atoms with E-state index in [1.54, 1.807) is 0 Å². The van der Waals surface area contributed by atoms with Crippen molar-refractivity contribution in [3.63, 3.8) is 0 Å². The Hall–Kier alpha value is -2.35. The lowest BCUT2D eigenvalue weighted by molar-refractivity contribution is -0.385. The van der Waals surface area contributed by atoms with Crippen molar-refractivity contribution < 1.29 is 24.0 Å². The van der Waals surface area contributed by atoms with E-state index in [2.05, 4.69) is 4.84 Å². The fourth-order valence-electron chi connectivity index (χ4n) is 1.25. The lowest BCUT2D eigenvalue weighted by Crippen LogP contribution is -2.12. The van der Waals surface area contributed by atoms with E-state index >= 15 is 0 Å². The predicted octanol–water partition coefficient (Wildman–Crippen LogP) is 0.642. The first kappa shape index (κ1) is 12.7. The van der Waals surface area contributed by atoms with E-state index in [4.69, 9.17) is 15.4 Å². The monoisotopic (exact) mass is 242 g/mol. The summed E-state index contributed by atoms with van der Waals surface area (Å²) in [5.41, 5.74) is -0.784. The third-order valence-electron chi connectivity index (χ3n) is 2.03. The van der Waals surface area contributed by atoms with Crippen LogP contribution in [0.5, 0.6) is 11.5 Å². The van der Waals surface area contributed by atoms with Crippen LogP contribution >= 0.6 is 0 Å². The van der Waals surface area contributed by atoms with Crippen molar-refractivity contribution in [3.8, 4) is 11.5 Å². The van der Waals surface area contributed by atoms with Gasteiger partial charge in [-0.25, -0.2) is 4.79 Å². The lowest BCUT2D eigenvalue weighted by atomic mass is 10.1. The fraction of sp³-hybridized carbons (Fsp3) is 0.222. The maximum Gasteiger partial charge on any atom is 0.363 e. The minimum Gasteiger partial charge on any atom is -0.493 e. The number of methoxy groups -OCH3 is 2. The Labute approximate surface area is 96.0 Å². The van der Waals surface area contributed by atoms with Crippen molar-refractivity contribution in [3.05, 3.63) is 27.8 Å². The SMILES string of the molecule is COc1cc(C(=O)ON)c([N+](=O)[O-])cc1OC. The largest absolute Gasteiger partial charge is 0.493 e. The molecule has 0 aliphatic carbocycles. The molecule has 0 radical (unpaired) electrons. The number of hydrogen-bond acceptors (Lipinski definition) is 7. The van der Waals surface area contributed by atoms with Crippen molar-refractivity contribution >= 4 is 11.7 Å². The smallest absolute Gasteiger partial charge is 0.363 e. The average Bonchev–Trinajstić information content (AvgIpc) is 2.35. The molecule has 0 amide bonds. The quantitative estimate of drug-likeness (QED) is 0.608. The lowest BCUT2D eigenvalue weighted by Gasteiger charge is -2.09. The van der Waals surface area contributed by atoms with Crippen LogP contribution in [-0.2, 0) is 4.84 Å². The first-order valence-electron chi connectivity index (χ1n) is 4.36. The second-order valence-electron chi connectivity index (χ2n) is 2.89. The summed E-state index contributed by atoms with van der Waals surface area (Å²) in [6.07, 6.45) is 0. The van der Waals surface area contributed by atoms with Gasteiger partial charge in [-0.15, -0.1) is 0 Å². The van der Waals surface area contributed by atoms with Crippen LogP contribution < -0.4 is 15.4 Å². The summed E-state index contributed by atoms with van der Waals surface area (Å²) in [7, 11) is 2.66. The van der Waals surface area contributed by atoms with Crippen LogP contribution in [0.25, 0.3) is 0 Å². The zero-order chi connectivity index (χ0) is 13.0. The minimum atomic E-state index is -1.03. The molecule has 2 N–H and O–H groups in total. The fourth-order valence-corrected chi connectivity index (χ4v) is 1.25. The van der Waals surface area contributed by atoms with Crippen LogP contribution in [0.15, 0.2) is 12.1 Å². The normalized spacial score (nSPS) is 9.59. The van der Waals surface area contributed by atoms with Gasteiger partial charge in [-0.05, 0) is 0 Å². The Kier molecular flexibility index (Phi) is 3.83. The molecule has 8 heteroatoms. The topological polar surface area (TPSA) is 114 Å². The van der Waals surface area contributed by atoms with Crippen LogP contribution in [0, 0.1) is 10.1 Å². The maximum absolute atomic E-state index is 11.3. The molecule has 17 heavy (non-hydrogen) atoms. The first-order valence-corrected chi connectivity index (χ1v) is 4.36. The Balaban J connectivity index is 3.45. The molecular formula is C9H10N2O6. The van der Waals surface area contributed by atoms with Crippen LogP contribution in [0.3, 0.4) is 0 Å². The molecule has 0 atom stereocenters. The molecule has 0 unspecified atom stereocenters. The molecular weight excluding hydrogens is 232 g/mol. The summed E-state index contributed by atoms with van der Waals surface area (Å²) in [5.74, 6) is 3.96. The molecule has 92 valence electrons. The minimum absolute atomic E-state index is 0.132. The third kappa shape index (κ3) is 2.42. The van der Waals surface area contributed by atoms with Crippen molar-refractivity contribution in [2.45, 2.75) is 0 Å². The molecule has 0 fully saturated rings. The highest BCUT2D eigenvalue weighted by Gasteiger charge is 2.25. The van der Waals surface area contributed by atoms with Gasteiger partial charge in [-0.1, -0.05) is 0 Å². The number of carbonyl (C=O) groups excluding carboxylic acids is 1. The molecule has 1 rings (SSSR count). The van der Waals surface area contributed by atoms with E-state index in [0.717, 1.165) is 12.1 Å². The van der Waals surface area contributed by atoms with Crippen molar-refractivity contribution in [2.75, 3.05) is 14.2 Å². The van der Waals surface area contributed by atoms with Gasteiger partial charge >= 0.3 is 5.97 Å². The summed E-state index contributed by atoms with van der Waals surface area (Å²) in [4.78, 5) is 25.2. The molecule has 0 bridgehead atoms. The van der Waals surface area contributed by atoms with Gasteiger partial charge in [-0.3, -0.25) is 10.1 Å². The van der Waals surface area contributed by atoms with Crippen LogP contribution in [0.1, 0.15) is 10.4 Å². The highest BCUT2D eigenvalue weighted by Crippen LogP contribution is 2.34. The number of nitrogens with zero attached hydrogens (tertiary/aromatic N) is 1. The number of benzene rings is 1. The van der Waals surface area contributed by atoms with Crippen molar-refractivity contribution in [1.82, 2.24) is 0 Å².